The van der Waals surface area contributed by atoms with Crippen molar-refractivity contribution in [1.82, 2.24) is 4.57 Å². The number of hydrogen-bond donors (Lipinski definition) is 0. The van der Waals surface area contributed by atoms with Gasteiger partial charge in [0.05, 0.1) is 44.8 Å². The standard InChI is InChI=1S/C32H28N4O9S/c1-4-43-25-16-23(24(36(41)42)17-26(25)45-18-21-9-7-6-8-10-21)29-28(31(38)44-5-2)19(3)34-30(37)27(46-32(34)33-29)15-20-11-13-22(14-12-20)35(39)40/h6-17,29H,4-5,18H2,1-3H3/b27-15-/t29-/m1/s1. The highest BCUT2D eigenvalue weighted by atomic mass is 32.1. The molecule has 0 amide bonds. The van der Waals surface area contributed by atoms with Crippen molar-refractivity contribution < 1.29 is 28.9 Å². The first-order valence-corrected chi connectivity index (χ1v) is 15.0. The first-order chi connectivity index (χ1) is 22.1. The molecule has 0 aliphatic carbocycles. The summed E-state index contributed by atoms with van der Waals surface area (Å²) >= 11 is 1.02. The number of hydrogen-bond acceptors (Lipinski definition) is 11. The van der Waals surface area contributed by atoms with Crippen LogP contribution in [0.25, 0.3) is 11.8 Å². The molecular formula is C32H28N4O9S. The molecular weight excluding hydrogens is 616 g/mol. The molecule has 14 heteroatoms. The van der Waals surface area contributed by atoms with Crippen LogP contribution in [0.3, 0.4) is 0 Å². The van der Waals surface area contributed by atoms with Gasteiger partial charge in [-0.25, -0.2) is 9.79 Å². The predicted octanol–water partition coefficient (Wildman–Crippen LogP) is 4.70. The van der Waals surface area contributed by atoms with Crippen molar-refractivity contribution in [3.8, 4) is 11.5 Å². The Kier molecular flexibility index (Phi) is 9.37. The molecule has 0 unspecified atom stereocenters. The van der Waals surface area contributed by atoms with Gasteiger partial charge in [0.2, 0.25) is 0 Å². The Morgan fingerprint density at radius 3 is 2.30 bits per heavy atom. The Hall–Kier alpha value is -5.63. The Bertz CT molecular complexity index is 2030. The molecule has 5 rings (SSSR count). The van der Waals surface area contributed by atoms with Gasteiger partial charge in [-0.05, 0) is 56.2 Å². The third-order valence-electron chi connectivity index (χ3n) is 7.06. The number of fused-ring (bicyclic) bond motifs is 1. The second-order valence-corrected chi connectivity index (χ2v) is 11.0. The zero-order valence-corrected chi connectivity index (χ0v) is 25.8. The lowest BCUT2D eigenvalue weighted by Crippen LogP contribution is -2.35. The van der Waals surface area contributed by atoms with E-state index in [0.717, 1.165) is 16.9 Å². The molecule has 13 nitrogen and oxygen atoms in total. The quantitative estimate of drug-likeness (QED) is 0.128. The van der Waals surface area contributed by atoms with Crippen LogP contribution in [0.1, 0.15) is 43.5 Å². The molecule has 0 N–H and O–H groups in total. The molecule has 0 saturated heterocycles. The lowest BCUT2D eigenvalue weighted by Gasteiger charge is -2.23. The van der Waals surface area contributed by atoms with Gasteiger partial charge in [0.1, 0.15) is 12.6 Å². The maximum atomic E-state index is 13.6. The fourth-order valence-corrected chi connectivity index (χ4v) is 5.98. The van der Waals surface area contributed by atoms with Crippen LogP contribution in [-0.4, -0.2) is 33.6 Å². The van der Waals surface area contributed by atoms with Crippen LogP contribution in [0, 0.1) is 20.2 Å². The van der Waals surface area contributed by atoms with Crippen molar-refractivity contribution in [3.63, 3.8) is 0 Å². The Labute approximate surface area is 265 Å². The van der Waals surface area contributed by atoms with Gasteiger partial charge in [0, 0.05) is 17.8 Å². The Morgan fingerprint density at radius 2 is 1.67 bits per heavy atom. The summed E-state index contributed by atoms with van der Waals surface area (Å²) < 4.78 is 18.6. The minimum atomic E-state index is -1.22. The number of aromatic nitrogens is 1. The first kappa shape index (κ1) is 31.8. The minimum absolute atomic E-state index is 0.0193. The zero-order valence-electron chi connectivity index (χ0n) is 25.0. The van der Waals surface area contributed by atoms with E-state index in [1.807, 2.05) is 30.3 Å². The maximum Gasteiger partial charge on any atom is 0.338 e. The van der Waals surface area contributed by atoms with Gasteiger partial charge in [-0.1, -0.05) is 41.7 Å². The molecule has 236 valence electrons. The van der Waals surface area contributed by atoms with Gasteiger partial charge in [-0.15, -0.1) is 0 Å². The molecule has 2 heterocycles. The number of carbonyl (C=O) groups is 1. The van der Waals surface area contributed by atoms with E-state index in [2.05, 4.69) is 0 Å². The van der Waals surface area contributed by atoms with Gasteiger partial charge >= 0.3 is 5.97 Å². The lowest BCUT2D eigenvalue weighted by atomic mass is 9.94. The first-order valence-electron chi connectivity index (χ1n) is 14.2. The third kappa shape index (κ3) is 6.42. The molecule has 1 aliphatic heterocycles. The van der Waals surface area contributed by atoms with E-state index in [1.54, 1.807) is 26.8 Å². The topological polar surface area (TPSA) is 165 Å². The molecule has 0 saturated carbocycles. The predicted molar refractivity (Wildman–Crippen MR) is 169 cm³/mol. The average Bonchev–Trinajstić information content (AvgIpc) is 3.35. The fraction of sp³-hybridized carbons (Fsp3) is 0.219. The highest BCUT2D eigenvalue weighted by molar-refractivity contribution is 7.07. The van der Waals surface area contributed by atoms with E-state index in [-0.39, 0.29) is 68.9 Å². The molecule has 3 aromatic carbocycles. The van der Waals surface area contributed by atoms with Crippen molar-refractivity contribution in [2.75, 3.05) is 13.2 Å². The number of rotatable bonds is 11. The number of nitro benzene ring substituents is 2. The zero-order chi connectivity index (χ0) is 33.0. The summed E-state index contributed by atoms with van der Waals surface area (Å²) in [5.74, 6) is -0.421. The van der Waals surface area contributed by atoms with Crippen molar-refractivity contribution in [2.45, 2.75) is 33.4 Å². The SMILES string of the molecule is CCOC(=O)C1=C(C)n2c(s/c(=C\c3ccc([N+](=O)[O-])cc3)c2=O)=N[C@@H]1c1cc(OCC)c(OCc2ccccc2)cc1[N+](=O)[O-]. The minimum Gasteiger partial charge on any atom is -0.490 e. The maximum absolute atomic E-state index is 13.6. The summed E-state index contributed by atoms with van der Waals surface area (Å²) in [6.07, 6.45) is 1.55. The molecule has 0 bridgehead atoms. The van der Waals surface area contributed by atoms with E-state index >= 15 is 0 Å². The molecule has 4 aromatic rings. The number of nitro groups is 2. The number of esters is 1. The summed E-state index contributed by atoms with van der Waals surface area (Å²) in [7, 11) is 0. The van der Waals surface area contributed by atoms with Crippen molar-refractivity contribution in [2.24, 2.45) is 4.99 Å². The summed E-state index contributed by atoms with van der Waals surface area (Å²) in [5.41, 5.74) is 0.659. The summed E-state index contributed by atoms with van der Waals surface area (Å²) in [6.45, 7) is 5.31. The highest BCUT2D eigenvalue weighted by Gasteiger charge is 2.36. The van der Waals surface area contributed by atoms with Crippen LogP contribution < -0.4 is 24.4 Å². The van der Waals surface area contributed by atoms with Crippen molar-refractivity contribution in [3.05, 3.63) is 129 Å². The number of benzene rings is 3. The van der Waals surface area contributed by atoms with Crippen LogP contribution in [-0.2, 0) is 16.1 Å². The number of ether oxygens (including phenoxy) is 3. The summed E-state index contributed by atoms with van der Waals surface area (Å²) in [4.78, 5) is 54.2. The van der Waals surface area contributed by atoms with Gasteiger partial charge < -0.3 is 14.2 Å². The van der Waals surface area contributed by atoms with Crippen LogP contribution in [0.2, 0.25) is 0 Å². The van der Waals surface area contributed by atoms with E-state index in [9.17, 15) is 29.8 Å². The monoisotopic (exact) mass is 644 g/mol. The van der Waals surface area contributed by atoms with Crippen LogP contribution in [0.4, 0.5) is 11.4 Å². The molecule has 0 spiro atoms. The van der Waals surface area contributed by atoms with Crippen LogP contribution in [0.5, 0.6) is 11.5 Å². The van der Waals surface area contributed by atoms with Gasteiger partial charge in [-0.3, -0.25) is 29.6 Å². The summed E-state index contributed by atoms with van der Waals surface area (Å²) in [5, 5.41) is 23.5. The number of nitrogens with zero attached hydrogens (tertiary/aromatic N) is 4. The average molecular weight is 645 g/mol. The number of carbonyl (C=O) groups excluding carboxylic acids is 1. The Balaban J connectivity index is 1.68. The molecule has 46 heavy (non-hydrogen) atoms. The smallest absolute Gasteiger partial charge is 0.338 e. The number of allylic oxidation sites excluding steroid dienone is 1. The summed E-state index contributed by atoms with van der Waals surface area (Å²) in [6, 6.07) is 16.4. The number of thiazole rings is 1. The molecule has 0 fully saturated rings. The van der Waals surface area contributed by atoms with E-state index in [4.69, 9.17) is 19.2 Å². The lowest BCUT2D eigenvalue weighted by molar-refractivity contribution is -0.385. The molecule has 0 radical (unpaired) electrons. The van der Waals surface area contributed by atoms with E-state index < -0.39 is 27.4 Å². The van der Waals surface area contributed by atoms with E-state index in [0.29, 0.717) is 5.56 Å². The highest BCUT2D eigenvalue weighted by Crippen LogP contribution is 2.43. The molecule has 1 atom stereocenters. The normalized spacial score (nSPS) is 14.3. The van der Waals surface area contributed by atoms with Crippen molar-refractivity contribution in [1.29, 1.82) is 0 Å². The van der Waals surface area contributed by atoms with Gasteiger partial charge in [-0.2, -0.15) is 0 Å². The van der Waals surface area contributed by atoms with Crippen LogP contribution >= 0.6 is 11.3 Å². The van der Waals surface area contributed by atoms with Gasteiger partial charge in [0.15, 0.2) is 16.3 Å². The number of non-ortho nitro benzene ring substituents is 1. The Morgan fingerprint density at radius 1 is 0.978 bits per heavy atom. The van der Waals surface area contributed by atoms with Crippen molar-refractivity contribution >= 4 is 40.5 Å². The second-order valence-electron chi connectivity index (χ2n) is 9.96. The largest absolute Gasteiger partial charge is 0.490 e. The van der Waals surface area contributed by atoms with Gasteiger partial charge in [0.25, 0.3) is 16.9 Å². The van der Waals surface area contributed by atoms with Crippen LogP contribution in [0.15, 0.2) is 82.1 Å². The molecule has 1 aliphatic rings. The molecule has 1 aromatic heterocycles. The van der Waals surface area contributed by atoms with E-state index in [1.165, 1.54) is 41.0 Å². The second kappa shape index (κ2) is 13.6. The third-order valence-corrected chi connectivity index (χ3v) is 8.05. The fourth-order valence-electron chi connectivity index (χ4n) is 4.94.